The molecule has 0 unspecified atom stereocenters. The van der Waals surface area contributed by atoms with Crippen LogP contribution in [0.3, 0.4) is 0 Å². The van der Waals surface area contributed by atoms with Crippen LogP contribution in [0.15, 0.2) is 212 Å². The van der Waals surface area contributed by atoms with Crippen molar-refractivity contribution in [3.8, 4) is 0 Å². The molecule has 79 heavy (non-hydrogen) atoms. The van der Waals surface area contributed by atoms with E-state index in [9.17, 15) is 0 Å². The summed E-state index contributed by atoms with van der Waals surface area (Å²) >= 11 is 0. The molecule has 0 spiro atoms. The van der Waals surface area contributed by atoms with Gasteiger partial charge in [-0.25, -0.2) is 0 Å². The molecule has 0 fully saturated rings. The van der Waals surface area contributed by atoms with Crippen LogP contribution < -0.4 is 36.0 Å². The van der Waals surface area contributed by atoms with E-state index in [1.165, 1.54) is 151 Å². The van der Waals surface area contributed by atoms with Crippen LogP contribution in [0.4, 0.5) is 68.2 Å². The van der Waals surface area contributed by atoms with Gasteiger partial charge in [0.25, 0.3) is 6.71 Å². The second kappa shape index (κ2) is 15.1. The summed E-state index contributed by atoms with van der Waals surface area (Å²) in [5.41, 5.74) is 28.7. The maximum absolute atomic E-state index is 2.69. The van der Waals surface area contributed by atoms with E-state index in [0.29, 0.717) is 0 Å². The minimum Gasteiger partial charge on any atom is -0.311 e. The van der Waals surface area contributed by atoms with Gasteiger partial charge in [-0.1, -0.05) is 207 Å². The number of fused-ring (bicyclic) bond motifs is 14. The summed E-state index contributed by atoms with van der Waals surface area (Å²) in [6.07, 6.45) is 0. The Morgan fingerprint density at radius 2 is 0.557 bits per heavy atom. The smallest absolute Gasteiger partial charge is 0.252 e. The van der Waals surface area contributed by atoms with E-state index < -0.39 is 0 Å². The van der Waals surface area contributed by atoms with Gasteiger partial charge in [-0.05, 0) is 132 Å². The average Bonchev–Trinajstić information content (AvgIpc) is 2.83. The number of hydrogen-bond donors (Lipinski definition) is 0. The summed E-state index contributed by atoms with van der Waals surface area (Å²) in [6, 6.07) is 81.5. The van der Waals surface area contributed by atoms with Crippen LogP contribution in [0, 0.1) is 0 Å². The Kier molecular flexibility index (Phi) is 8.63. The van der Waals surface area contributed by atoms with Crippen molar-refractivity contribution in [2.24, 2.45) is 0 Å². The molecule has 11 aromatic rings. The van der Waals surface area contributed by atoms with Gasteiger partial charge in [0.1, 0.15) is 0 Å². The molecule has 11 aromatic carbocycles. The first-order valence-electron chi connectivity index (χ1n) is 28.4. The molecule has 0 aliphatic carbocycles. The predicted octanol–water partition coefficient (Wildman–Crippen LogP) is 17.6. The molecule has 6 aliphatic heterocycles. The Labute approximate surface area is 463 Å². The molecule has 0 amide bonds. The molecule has 0 saturated carbocycles. The van der Waals surface area contributed by atoms with E-state index in [1.54, 1.807) is 0 Å². The van der Waals surface area contributed by atoms with Crippen molar-refractivity contribution in [1.82, 2.24) is 0 Å². The van der Waals surface area contributed by atoms with Crippen molar-refractivity contribution in [1.29, 1.82) is 0 Å². The van der Waals surface area contributed by atoms with Gasteiger partial charge in [0.15, 0.2) is 0 Å². The normalized spacial score (nSPS) is 17.1. The van der Waals surface area contributed by atoms with Gasteiger partial charge < -0.3 is 19.6 Å². The molecule has 0 aromatic heterocycles. The van der Waals surface area contributed by atoms with Crippen LogP contribution in [0.5, 0.6) is 0 Å². The van der Waals surface area contributed by atoms with Crippen molar-refractivity contribution >= 4 is 113 Å². The Balaban J connectivity index is 0.917. The molecule has 6 heterocycles. The van der Waals surface area contributed by atoms with Crippen molar-refractivity contribution < 1.29 is 0 Å². The lowest BCUT2D eigenvalue weighted by atomic mass is 9.32. The lowest BCUT2D eigenvalue weighted by Crippen LogP contribution is -2.63. The Hall–Kier alpha value is -8.80. The van der Waals surface area contributed by atoms with Gasteiger partial charge in [0.05, 0.1) is 45.5 Å². The van der Waals surface area contributed by atoms with E-state index in [0.717, 1.165) is 0 Å². The number of para-hydroxylation sites is 4. The summed E-state index contributed by atoms with van der Waals surface area (Å²) in [5.74, 6) is 0. The van der Waals surface area contributed by atoms with E-state index in [2.05, 4.69) is 287 Å². The zero-order valence-electron chi connectivity index (χ0n) is 46.1. The summed E-state index contributed by atoms with van der Waals surface area (Å²) < 4.78 is 0. The maximum atomic E-state index is 2.69. The van der Waals surface area contributed by atoms with Gasteiger partial charge in [-0.15, -0.1) is 0 Å². The Morgan fingerprint density at radius 3 is 1.00 bits per heavy atom. The van der Waals surface area contributed by atoms with Gasteiger partial charge in [0.2, 0.25) is 0 Å². The molecule has 6 aliphatic rings. The monoisotopic (exact) mass is 1010 g/mol. The van der Waals surface area contributed by atoms with Crippen molar-refractivity contribution in [3.63, 3.8) is 0 Å². The standard InChI is InChI=1S/C74H59BN4/c1-71(2)48-28-13-15-34-60(48)76(58-36-17-24-44-22-9-11-26-46(44)58)64-40-54-66(42-52(64)71)78-62-38-21-39-63-68(62)75(56-32-19-30-50(69(56)78)73(54,5)6)57-33-20-31-51-70(57)79(63)67-43-53-65(41-55(67)74(51,7)8)77(61-35-16-14-29-49(61)72(53,3)4)59-37-18-25-45-23-10-12-27-47(45)59/h9-43H,1-8H3. The lowest BCUT2D eigenvalue weighted by molar-refractivity contribution is 0.615. The highest BCUT2D eigenvalue weighted by molar-refractivity contribution is 7.00. The molecule has 0 radical (unpaired) electrons. The SMILES string of the molecule is CC1(C)c2ccccc2N(c2cccc3ccccc23)c2cc3c(cc21)N1c2cccc4c2B(c2cccc(c21)C3(C)C)c1cccc2c1N4c1cc3c(cc1C2(C)C)N(c1cccc2ccccc12)c1ccccc1C3(C)C. The fourth-order valence-corrected chi connectivity index (χ4v) is 16.0. The third-order valence-corrected chi connectivity index (χ3v) is 19.9. The average molecular weight is 1020 g/mol. The quantitative estimate of drug-likeness (QED) is 0.160. The number of benzene rings is 11. The number of rotatable bonds is 2. The zero-order valence-corrected chi connectivity index (χ0v) is 46.1. The van der Waals surface area contributed by atoms with Crippen LogP contribution in [-0.2, 0) is 21.7 Å². The topological polar surface area (TPSA) is 13.0 Å². The molecular weight excluding hydrogens is 956 g/mol. The van der Waals surface area contributed by atoms with E-state index in [-0.39, 0.29) is 28.4 Å². The molecule has 378 valence electrons. The summed E-state index contributed by atoms with van der Waals surface area (Å²) in [5, 5.41) is 4.98. The molecule has 0 bridgehead atoms. The Morgan fingerprint density at radius 1 is 0.253 bits per heavy atom. The number of nitrogens with zero attached hydrogens (tertiary/aromatic N) is 4. The van der Waals surface area contributed by atoms with E-state index in [4.69, 9.17) is 0 Å². The fraction of sp³-hybridized carbons (Fsp3) is 0.162. The van der Waals surface area contributed by atoms with E-state index in [1.807, 2.05) is 0 Å². The van der Waals surface area contributed by atoms with Crippen LogP contribution in [0.25, 0.3) is 21.5 Å². The summed E-state index contributed by atoms with van der Waals surface area (Å²) in [4.78, 5) is 10.5. The predicted molar refractivity (Wildman–Crippen MR) is 333 cm³/mol. The molecule has 0 N–H and O–H groups in total. The molecule has 17 rings (SSSR count). The first-order valence-corrected chi connectivity index (χ1v) is 28.4. The largest absolute Gasteiger partial charge is 0.311 e. The molecule has 4 nitrogen and oxygen atoms in total. The first-order chi connectivity index (χ1) is 38.3. The van der Waals surface area contributed by atoms with Gasteiger partial charge >= 0.3 is 0 Å². The van der Waals surface area contributed by atoms with Crippen LogP contribution in [0.2, 0.25) is 0 Å². The first kappa shape index (κ1) is 45.2. The summed E-state index contributed by atoms with van der Waals surface area (Å²) in [6.45, 7) is 19.6. The number of anilines is 12. The molecule has 0 atom stereocenters. The van der Waals surface area contributed by atoms with Crippen molar-refractivity contribution in [2.45, 2.75) is 77.0 Å². The van der Waals surface area contributed by atoms with Gasteiger partial charge in [0, 0.05) is 55.2 Å². The fourth-order valence-electron chi connectivity index (χ4n) is 16.0. The van der Waals surface area contributed by atoms with Crippen molar-refractivity contribution in [3.05, 3.63) is 257 Å². The van der Waals surface area contributed by atoms with E-state index >= 15 is 0 Å². The molecule has 5 heteroatoms. The second-order valence-corrected chi connectivity index (χ2v) is 25.3. The third kappa shape index (κ3) is 5.56. The van der Waals surface area contributed by atoms with Gasteiger partial charge in [-0.3, -0.25) is 0 Å². The van der Waals surface area contributed by atoms with Gasteiger partial charge in [-0.2, -0.15) is 0 Å². The highest BCUT2D eigenvalue weighted by Crippen LogP contribution is 2.63. The minimum atomic E-state index is -0.324. The highest BCUT2D eigenvalue weighted by atomic mass is 15.2. The third-order valence-electron chi connectivity index (χ3n) is 19.9. The van der Waals surface area contributed by atoms with Crippen LogP contribution >= 0.6 is 0 Å². The van der Waals surface area contributed by atoms with Crippen LogP contribution in [0.1, 0.15) is 99.9 Å². The van der Waals surface area contributed by atoms with Crippen LogP contribution in [-0.4, -0.2) is 6.71 Å². The maximum Gasteiger partial charge on any atom is 0.252 e. The molecular formula is C74H59BN4. The van der Waals surface area contributed by atoms with Crippen molar-refractivity contribution in [2.75, 3.05) is 19.6 Å². The highest BCUT2D eigenvalue weighted by Gasteiger charge is 2.53. The Bertz CT molecular complexity index is 4260. The second-order valence-electron chi connectivity index (χ2n) is 25.3. The summed E-state index contributed by atoms with van der Waals surface area (Å²) in [7, 11) is 0. The zero-order chi connectivity index (χ0) is 53.2. The molecule has 0 saturated heterocycles. The number of hydrogen-bond acceptors (Lipinski definition) is 4. The minimum absolute atomic E-state index is 0.0314. The lowest BCUT2D eigenvalue weighted by Gasteiger charge is -2.53.